The molecule has 5 heteroatoms. The number of aliphatic hydroxyl groups excluding tert-OH is 1. The summed E-state index contributed by atoms with van der Waals surface area (Å²) >= 11 is 0. The molecular weight excluding hydrogens is 242 g/mol. The van der Waals surface area contributed by atoms with Crippen LogP contribution in [0.25, 0.3) is 0 Å². The Hall–Kier alpha value is -1.46. The summed E-state index contributed by atoms with van der Waals surface area (Å²) in [5.41, 5.74) is 0.896. The second-order valence-electron chi connectivity index (χ2n) is 5.00. The second-order valence-corrected chi connectivity index (χ2v) is 5.00. The van der Waals surface area contributed by atoms with E-state index in [1.807, 2.05) is 23.1 Å². The topological polar surface area (TPSA) is 65.5 Å². The van der Waals surface area contributed by atoms with E-state index in [9.17, 15) is 4.79 Å². The third-order valence-electron chi connectivity index (χ3n) is 3.42. The van der Waals surface area contributed by atoms with Gasteiger partial charge in [-0.1, -0.05) is 6.07 Å². The Labute approximate surface area is 113 Å². The second kappa shape index (κ2) is 6.63. The van der Waals surface area contributed by atoms with Crippen LogP contribution < -0.4 is 5.32 Å². The molecule has 1 aromatic heterocycles. The number of hydrogen-bond donors (Lipinski definition) is 2. The molecule has 2 unspecified atom stereocenters. The van der Waals surface area contributed by atoms with Crippen LogP contribution in [-0.2, 0) is 11.3 Å². The zero-order chi connectivity index (χ0) is 13.7. The van der Waals surface area contributed by atoms with E-state index >= 15 is 0 Å². The number of aromatic nitrogens is 1. The predicted octanol–water partition coefficient (Wildman–Crippen LogP) is 0.543. The molecule has 0 spiro atoms. The molecule has 2 rings (SSSR count). The number of nitrogens with one attached hydrogen (secondary N) is 1. The first kappa shape index (κ1) is 14.0. The molecule has 1 aliphatic rings. The fourth-order valence-electron chi connectivity index (χ4n) is 2.36. The van der Waals surface area contributed by atoms with Crippen molar-refractivity contribution in [2.45, 2.75) is 38.4 Å². The molecule has 2 heterocycles. The average molecular weight is 263 g/mol. The largest absolute Gasteiger partial charge is 0.396 e. The lowest BCUT2D eigenvalue weighted by molar-refractivity contribution is -0.133. The lowest BCUT2D eigenvalue weighted by Gasteiger charge is -2.23. The van der Waals surface area contributed by atoms with Gasteiger partial charge in [-0.25, -0.2) is 0 Å². The van der Waals surface area contributed by atoms with E-state index in [1.54, 1.807) is 6.20 Å². The van der Waals surface area contributed by atoms with Gasteiger partial charge >= 0.3 is 0 Å². The maximum Gasteiger partial charge on any atom is 0.240 e. The van der Waals surface area contributed by atoms with E-state index in [-0.39, 0.29) is 24.6 Å². The van der Waals surface area contributed by atoms with Crippen molar-refractivity contribution in [1.29, 1.82) is 0 Å². The van der Waals surface area contributed by atoms with Gasteiger partial charge in [0, 0.05) is 25.4 Å². The van der Waals surface area contributed by atoms with Gasteiger partial charge in [0.1, 0.15) is 0 Å². The smallest absolute Gasteiger partial charge is 0.240 e. The van der Waals surface area contributed by atoms with Crippen molar-refractivity contribution >= 4 is 5.91 Å². The zero-order valence-corrected chi connectivity index (χ0v) is 11.2. The van der Waals surface area contributed by atoms with Gasteiger partial charge in [-0.3, -0.25) is 9.78 Å². The molecule has 1 fully saturated rings. The summed E-state index contributed by atoms with van der Waals surface area (Å²) in [7, 11) is 0. The molecule has 1 aliphatic heterocycles. The molecule has 0 bridgehead atoms. The molecule has 19 heavy (non-hydrogen) atoms. The highest BCUT2D eigenvalue weighted by molar-refractivity contribution is 5.82. The minimum Gasteiger partial charge on any atom is -0.396 e. The van der Waals surface area contributed by atoms with E-state index in [4.69, 9.17) is 5.11 Å². The number of carbonyl (C=O) groups excluding carboxylic acids is 1. The third-order valence-corrected chi connectivity index (χ3v) is 3.42. The number of carbonyl (C=O) groups is 1. The average Bonchev–Trinajstić information content (AvgIpc) is 2.54. The van der Waals surface area contributed by atoms with Crippen LogP contribution in [0.4, 0.5) is 0 Å². The summed E-state index contributed by atoms with van der Waals surface area (Å²) in [6.07, 6.45) is 3.12. The van der Waals surface area contributed by atoms with Gasteiger partial charge in [0.2, 0.25) is 5.91 Å². The summed E-state index contributed by atoms with van der Waals surface area (Å²) < 4.78 is 0. The van der Waals surface area contributed by atoms with Gasteiger partial charge in [0.25, 0.3) is 0 Å². The molecular formula is C14H21N3O2. The lowest BCUT2D eigenvalue weighted by Crippen LogP contribution is -2.45. The van der Waals surface area contributed by atoms with Crippen LogP contribution in [0, 0.1) is 0 Å². The Balaban J connectivity index is 2.08. The third kappa shape index (κ3) is 3.75. The maximum absolute atomic E-state index is 12.4. The number of hydrogen-bond acceptors (Lipinski definition) is 4. The highest BCUT2D eigenvalue weighted by atomic mass is 16.3. The number of nitrogens with zero attached hydrogens (tertiary/aromatic N) is 2. The summed E-state index contributed by atoms with van der Waals surface area (Å²) in [5, 5.41) is 12.3. The normalized spacial score (nSPS) is 24.3. The van der Waals surface area contributed by atoms with Gasteiger partial charge in [0.05, 0.1) is 18.3 Å². The SMILES string of the molecule is CC1CCN(Cc2ccccn2)C(=O)C(CCO)N1. The van der Waals surface area contributed by atoms with Crippen molar-refractivity contribution < 1.29 is 9.90 Å². The molecule has 1 amide bonds. The predicted molar refractivity (Wildman–Crippen MR) is 72.4 cm³/mol. The monoisotopic (exact) mass is 263 g/mol. The molecule has 0 radical (unpaired) electrons. The van der Waals surface area contributed by atoms with Crippen LogP contribution in [0.2, 0.25) is 0 Å². The molecule has 0 aromatic carbocycles. The van der Waals surface area contributed by atoms with Crippen molar-refractivity contribution in [3.05, 3.63) is 30.1 Å². The fourth-order valence-corrected chi connectivity index (χ4v) is 2.36. The highest BCUT2D eigenvalue weighted by Gasteiger charge is 2.28. The molecule has 1 saturated heterocycles. The van der Waals surface area contributed by atoms with Crippen molar-refractivity contribution in [3.8, 4) is 0 Å². The Bertz CT molecular complexity index is 410. The van der Waals surface area contributed by atoms with Crippen LogP contribution in [0.3, 0.4) is 0 Å². The first-order valence-corrected chi connectivity index (χ1v) is 6.76. The van der Waals surface area contributed by atoms with E-state index < -0.39 is 0 Å². The Morgan fingerprint density at radius 1 is 1.53 bits per heavy atom. The van der Waals surface area contributed by atoms with Crippen LogP contribution in [-0.4, -0.2) is 46.1 Å². The number of rotatable bonds is 4. The van der Waals surface area contributed by atoms with Gasteiger partial charge in [-0.05, 0) is 31.9 Å². The van der Waals surface area contributed by atoms with Crippen molar-refractivity contribution in [3.63, 3.8) is 0 Å². The van der Waals surface area contributed by atoms with Gasteiger partial charge < -0.3 is 15.3 Å². The van der Waals surface area contributed by atoms with E-state index in [0.717, 1.165) is 18.7 Å². The first-order chi connectivity index (χ1) is 9.20. The molecule has 0 aliphatic carbocycles. The van der Waals surface area contributed by atoms with Crippen LogP contribution >= 0.6 is 0 Å². The van der Waals surface area contributed by atoms with E-state index in [0.29, 0.717) is 13.0 Å². The lowest BCUT2D eigenvalue weighted by atomic mass is 10.1. The summed E-state index contributed by atoms with van der Waals surface area (Å²) in [6.45, 7) is 3.36. The standard InChI is InChI=1S/C14H21N3O2/c1-11-5-8-17(10-12-4-2-3-7-15-12)14(19)13(16-11)6-9-18/h2-4,7,11,13,16,18H,5-6,8-10H2,1H3. The Morgan fingerprint density at radius 2 is 2.37 bits per heavy atom. The quantitative estimate of drug-likeness (QED) is 0.832. The number of amides is 1. The maximum atomic E-state index is 12.4. The zero-order valence-electron chi connectivity index (χ0n) is 11.2. The Morgan fingerprint density at radius 3 is 3.05 bits per heavy atom. The molecule has 104 valence electrons. The summed E-state index contributed by atoms with van der Waals surface area (Å²) in [6, 6.07) is 5.72. The molecule has 2 atom stereocenters. The molecule has 5 nitrogen and oxygen atoms in total. The number of aliphatic hydroxyl groups is 1. The van der Waals surface area contributed by atoms with Crippen molar-refractivity contribution in [2.24, 2.45) is 0 Å². The van der Waals surface area contributed by atoms with Gasteiger partial charge in [0.15, 0.2) is 0 Å². The summed E-state index contributed by atoms with van der Waals surface area (Å²) in [5.74, 6) is 0.0593. The van der Waals surface area contributed by atoms with E-state index in [1.165, 1.54) is 0 Å². The van der Waals surface area contributed by atoms with Crippen LogP contribution in [0.5, 0.6) is 0 Å². The van der Waals surface area contributed by atoms with Crippen molar-refractivity contribution in [2.75, 3.05) is 13.2 Å². The highest BCUT2D eigenvalue weighted by Crippen LogP contribution is 2.12. The fraction of sp³-hybridized carbons (Fsp3) is 0.571. The molecule has 0 saturated carbocycles. The Kier molecular flexibility index (Phi) is 4.87. The van der Waals surface area contributed by atoms with Gasteiger partial charge in [-0.15, -0.1) is 0 Å². The minimum absolute atomic E-state index is 0.0214. The van der Waals surface area contributed by atoms with Crippen LogP contribution in [0.1, 0.15) is 25.5 Å². The first-order valence-electron chi connectivity index (χ1n) is 6.76. The van der Waals surface area contributed by atoms with E-state index in [2.05, 4.69) is 17.2 Å². The minimum atomic E-state index is -0.286. The molecule has 2 N–H and O–H groups in total. The van der Waals surface area contributed by atoms with Crippen molar-refractivity contribution in [1.82, 2.24) is 15.2 Å². The number of pyridine rings is 1. The molecule has 1 aromatic rings. The summed E-state index contributed by atoms with van der Waals surface area (Å²) in [4.78, 5) is 18.5. The van der Waals surface area contributed by atoms with Crippen LogP contribution in [0.15, 0.2) is 24.4 Å². The van der Waals surface area contributed by atoms with Gasteiger partial charge in [-0.2, -0.15) is 0 Å².